The van der Waals surface area contributed by atoms with Gasteiger partial charge in [-0.1, -0.05) is 15.9 Å². The van der Waals surface area contributed by atoms with Crippen LogP contribution in [0, 0.1) is 0 Å². The molecule has 4 heteroatoms. The van der Waals surface area contributed by atoms with Crippen LogP contribution in [0.2, 0.25) is 0 Å². The standard InChI is InChI=1S/C11H12BrNO2/c1-2-15-11(14)13-6-5-8-7-9(12)3-4-10(8)13/h3-4,7H,2,5-6H2,1H3. The third-order valence-corrected chi connectivity index (χ3v) is 2.92. The number of halogens is 1. The Labute approximate surface area is 97.2 Å². The Hall–Kier alpha value is -1.03. The largest absolute Gasteiger partial charge is 0.449 e. The average molecular weight is 270 g/mol. The van der Waals surface area contributed by atoms with Gasteiger partial charge in [0.05, 0.1) is 12.3 Å². The first-order valence-corrected chi connectivity index (χ1v) is 5.74. The van der Waals surface area contributed by atoms with Crippen LogP contribution < -0.4 is 4.90 Å². The van der Waals surface area contributed by atoms with E-state index in [0.29, 0.717) is 13.2 Å². The lowest BCUT2D eigenvalue weighted by Gasteiger charge is -2.16. The number of anilines is 1. The molecular weight excluding hydrogens is 258 g/mol. The van der Waals surface area contributed by atoms with Crippen molar-refractivity contribution in [2.75, 3.05) is 18.1 Å². The number of ether oxygens (including phenoxy) is 1. The maximum atomic E-state index is 11.6. The first-order chi connectivity index (χ1) is 7.22. The third kappa shape index (κ3) is 2.00. The maximum absolute atomic E-state index is 11.6. The van der Waals surface area contributed by atoms with Gasteiger partial charge in [0.15, 0.2) is 0 Å². The molecule has 0 bridgehead atoms. The summed E-state index contributed by atoms with van der Waals surface area (Å²) in [5.74, 6) is 0. The number of benzene rings is 1. The molecule has 1 amide bonds. The van der Waals surface area contributed by atoms with Crippen molar-refractivity contribution in [2.24, 2.45) is 0 Å². The van der Waals surface area contributed by atoms with Crippen LogP contribution in [0.4, 0.5) is 10.5 Å². The number of hydrogen-bond donors (Lipinski definition) is 0. The first-order valence-electron chi connectivity index (χ1n) is 4.95. The monoisotopic (exact) mass is 269 g/mol. The molecule has 1 aliphatic heterocycles. The molecule has 80 valence electrons. The van der Waals surface area contributed by atoms with Crippen LogP contribution in [-0.2, 0) is 11.2 Å². The Kier molecular flexibility index (Phi) is 2.95. The number of fused-ring (bicyclic) bond motifs is 1. The second-order valence-electron chi connectivity index (χ2n) is 3.37. The Morgan fingerprint density at radius 2 is 2.40 bits per heavy atom. The van der Waals surface area contributed by atoms with E-state index in [2.05, 4.69) is 22.0 Å². The summed E-state index contributed by atoms with van der Waals surface area (Å²) in [7, 11) is 0. The molecule has 1 heterocycles. The number of rotatable bonds is 1. The molecule has 15 heavy (non-hydrogen) atoms. The van der Waals surface area contributed by atoms with Crippen molar-refractivity contribution in [2.45, 2.75) is 13.3 Å². The van der Waals surface area contributed by atoms with E-state index in [4.69, 9.17) is 4.74 Å². The number of carbonyl (C=O) groups is 1. The Balaban J connectivity index is 2.25. The van der Waals surface area contributed by atoms with Crippen LogP contribution in [0.1, 0.15) is 12.5 Å². The van der Waals surface area contributed by atoms with E-state index in [1.54, 1.807) is 4.90 Å². The zero-order chi connectivity index (χ0) is 10.8. The van der Waals surface area contributed by atoms with E-state index in [-0.39, 0.29) is 6.09 Å². The van der Waals surface area contributed by atoms with Crippen LogP contribution in [0.3, 0.4) is 0 Å². The summed E-state index contributed by atoms with van der Waals surface area (Å²) in [5.41, 5.74) is 2.16. The van der Waals surface area contributed by atoms with Crippen molar-refractivity contribution in [1.29, 1.82) is 0 Å². The number of nitrogens with zero attached hydrogens (tertiary/aromatic N) is 1. The van der Waals surface area contributed by atoms with Gasteiger partial charge in [0, 0.05) is 11.0 Å². The molecule has 1 aliphatic rings. The van der Waals surface area contributed by atoms with Gasteiger partial charge in [-0.15, -0.1) is 0 Å². The first kappa shape index (κ1) is 10.5. The van der Waals surface area contributed by atoms with Gasteiger partial charge >= 0.3 is 6.09 Å². The minimum Gasteiger partial charge on any atom is -0.449 e. The smallest absolute Gasteiger partial charge is 0.414 e. The van der Waals surface area contributed by atoms with Gasteiger partial charge in [0.25, 0.3) is 0 Å². The topological polar surface area (TPSA) is 29.5 Å². The fraction of sp³-hybridized carbons (Fsp3) is 0.364. The second-order valence-corrected chi connectivity index (χ2v) is 4.29. The lowest BCUT2D eigenvalue weighted by atomic mass is 10.2. The molecule has 0 aliphatic carbocycles. The molecule has 0 saturated carbocycles. The summed E-state index contributed by atoms with van der Waals surface area (Å²) in [4.78, 5) is 13.3. The molecule has 0 spiro atoms. The van der Waals surface area contributed by atoms with Gasteiger partial charge in [-0.05, 0) is 37.1 Å². The van der Waals surface area contributed by atoms with Crippen molar-refractivity contribution in [1.82, 2.24) is 0 Å². The van der Waals surface area contributed by atoms with Gasteiger partial charge in [0.1, 0.15) is 0 Å². The number of hydrogen-bond acceptors (Lipinski definition) is 2. The van der Waals surface area contributed by atoms with Gasteiger partial charge in [-0.3, -0.25) is 4.90 Å². The van der Waals surface area contributed by atoms with E-state index in [9.17, 15) is 4.79 Å². The lowest BCUT2D eigenvalue weighted by molar-refractivity contribution is 0.160. The molecule has 0 aromatic heterocycles. The minimum absolute atomic E-state index is 0.251. The van der Waals surface area contributed by atoms with Crippen molar-refractivity contribution in [3.63, 3.8) is 0 Å². The number of carbonyl (C=O) groups excluding carboxylic acids is 1. The van der Waals surface area contributed by atoms with Crippen LogP contribution in [0.25, 0.3) is 0 Å². The Bertz CT molecular complexity index is 392. The van der Waals surface area contributed by atoms with Crippen LogP contribution in [0.5, 0.6) is 0 Å². The van der Waals surface area contributed by atoms with E-state index in [0.717, 1.165) is 16.6 Å². The summed E-state index contributed by atoms with van der Waals surface area (Å²) < 4.78 is 6.04. The molecule has 2 rings (SSSR count). The Morgan fingerprint density at radius 3 is 3.13 bits per heavy atom. The molecule has 0 unspecified atom stereocenters. The summed E-state index contributed by atoms with van der Waals surface area (Å²) in [6.45, 7) is 2.95. The molecule has 1 aromatic carbocycles. The zero-order valence-electron chi connectivity index (χ0n) is 8.50. The molecule has 0 radical (unpaired) electrons. The summed E-state index contributed by atoms with van der Waals surface area (Å²) in [5, 5.41) is 0. The fourth-order valence-electron chi connectivity index (χ4n) is 1.76. The average Bonchev–Trinajstić information content (AvgIpc) is 2.60. The van der Waals surface area contributed by atoms with Crippen molar-refractivity contribution in [3.05, 3.63) is 28.2 Å². The quantitative estimate of drug-likeness (QED) is 0.785. The van der Waals surface area contributed by atoms with Crippen LogP contribution in [-0.4, -0.2) is 19.2 Å². The van der Waals surface area contributed by atoms with Gasteiger partial charge < -0.3 is 4.74 Å². The SMILES string of the molecule is CCOC(=O)N1CCc2cc(Br)ccc21. The molecule has 0 atom stereocenters. The van der Waals surface area contributed by atoms with Gasteiger partial charge in [0.2, 0.25) is 0 Å². The lowest BCUT2D eigenvalue weighted by Crippen LogP contribution is -2.29. The highest BCUT2D eigenvalue weighted by atomic mass is 79.9. The predicted molar refractivity (Wildman–Crippen MR) is 62.2 cm³/mol. The van der Waals surface area contributed by atoms with Crippen molar-refractivity contribution < 1.29 is 9.53 Å². The molecule has 0 fully saturated rings. The molecule has 0 N–H and O–H groups in total. The number of amides is 1. The predicted octanol–water partition coefficient (Wildman–Crippen LogP) is 2.97. The van der Waals surface area contributed by atoms with Gasteiger partial charge in [-0.2, -0.15) is 0 Å². The minimum atomic E-state index is -0.251. The van der Waals surface area contributed by atoms with E-state index < -0.39 is 0 Å². The van der Waals surface area contributed by atoms with E-state index in [1.165, 1.54) is 5.56 Å². The normalized spacial score (nSPS) is 13.9. The molecular formula is C11H12BrNO2. The fourth-order valence-corrected chi connectivity index (χ4v) is 2.17. The highest BCUT2D eigenvalue weighted by Gasteiger charge is 2.25. The van der Waals surface area contributed by atoms with Crippen molar-refractivity contribution >= 4 is 27.7 Å². The van der Waals surface area contributed by atoms with E-state index in [1.807, 2.05) is 19.1 Å². The zero-order valence-corrected chi connectivity index (χ0v) is 10.1. The molecule has 1 aromatic rings. The Morgan fingerprint density at radius 1 is 1.60 bits per heavy atom. The maximum Gasteiger partial charge on any atom is 0.414 e. The highest BCUT2D eigenvalue weighted by Crippen LogP contribution is 2.30. The summed E-state index contributed by atoms with van der Waals surface area (Å²) in [6, 6.07) is 5.94. The van der Waals surface area contributed by atoms with Gasteiger partial charge in [-0.25, -0.2) is 4.79 Å². The van der Waals surface area contributed by atoms with E-state index >= 15 is 0 Å². The molecule has 0 saturated heterocycles. The highest BCUT2D eigenvalue weighted by molar-refractivity contribution is 9.10. The third-order valence-electron chi connectivity index (χ3n) is 2.43. The summed E-state index contributed by atoms with van der Waals surface area (Å²) >= 11 is 3.42. The summed E-state index contributed by atoms with van der Waals surface area (Å²) in [6.07, 6.45) is 0.645. The van der Waals surface area contributed by atoms with Crippen LogP contribution in [0.15, 0.2) is 22.7 Å². The van der Waals surface area contributed by atoms with Crippen LogP contribution >= 0.6 is 15.9 Å². The van der Waals surface area contributed by atoms with Crippen molar-refractivity contribution in [3.8, 4) is 0 Å². The second kappa shape index (κ2) is 4.23. The molecule has 3 nitrogen and oxygen atoms in total.